The molecule has 53 heavy (non-hydrogen) atoms. The van der Waals surface area contributed by atoms with Crippen LogP contribution in [0.3, 0.4) is 0 Å². The molecule has 0 radical (unpaired) electrons. The highest BCUT2D eigenvalue weighted by atomic mass is 35.5. The summed E-state index contributed by atoms with van der Waals surface area (Å²) in [4.78, 5) is 42.6. The fourth-order valence-electron chi connectivity index (χ4n) is 6.47. The van der Waals surface area contributed by atoms with Gasteiger partial charge in [-0.25, -0.2) is 28.9 Å². The summed E-state index contributed by atoms with van der Waals surface area (Å²) in [7, 11) is 0. The Labute approximate surface area is 321 Å². The number of aromatic nitrogens is 2. The zero-order chi connectivity index (χ0) is 38.4. The second-order valence-electron chi connectivity index (χ2n) is 15.2. The Hall–Kier alpha value is -4.03. The van der Waals surface area contributed by atoms with Crippen LogP contribution in [-0.2, 0) is 27.4 Å². The van der Waals surface area contributed by atoms with E-state index in [1.807, 2.05) is 27.7 Å². The van der Waals surface area contributed by atoms with E-state index >= 15 is 4.39 Å². The summed E-state index contributed by atoms with van der Waals surface area (Å²) in [5, 5.41) is 14.9. The van der Waals surface area contributed by atoms with Gasteiger partial charge in [0.1, 0.15) is 28.1 Å². The fraction of sp³-hybridized carbons (Fsp3) is 0.474. The van der Waals surface area contributed by atoms with E-state index in [9.17, 15) is 14.9 Å². The highest BCUT2D eigenvalue weighted by Crippen LogP contribution is 2.50. The van der Waals surface area contributed by atoms with Gasteiger partial charge in [-0.2, -0.15) is 5.26 Å². The number of halogens is 2. The number of likely N-dealkylation sites (tertiary alicyclic amines) is 1. The van der Waals surface area contributed by atoms with Gasteiger partial charge >= 0.3 is 12.2 Å². The van der Waals surface area contributed by atoms with Crippen LogP contribution in [0.15, 0.2) is 22.3 Å². The summed E-state index contributed by atoms with van der Waals surface area (Å²) in [5.41, 5.74) is 2.48. The van der Waals surface area contributed by atoms with Crippen molar-refractivity contribution in [3.8, 4) is 17.2 Å². The van der Waals surface area contributed by atoms with Crippen LogP contribution in [0.2, 0.25) is 5.02 Å². The summed E-state index contributed by atoms with van der Waals surface area (Å²) in [6, 6.07) is 5.10. The molecule has 2 aromatic heterocycles. The Morgan fingerprint density at radius 1 is 1.15 bits per heavy atom. The van der Waals surface area contributed by atoms with Crippen LogP contribution in [0.4, 0.5) is 24.8 Å². The molecule has 0 aliphatic carbocycles. The fourth-order valence-corrected chi connectivity index (χ4v) is 8.46. The third-order valence-corrected chi connectivity index (χ3v) is 10.8. The largest absolute Gasteiger partial charge is 0.444 e. The molecule has 0 spiro atoms. The van der Waals surface area contributed by atoms with E-state index in [4.69, 9.17) is 40.8 Å². The van der Waals surface area contributed by atoms with E-state index in [1.54, 1.807) is 31.7 Å². The second kappa shape index (κ2) is 15.0. The predicted octanol–water partition coefficient (Wildman–Crippen LogP) is 10.4. The van der Waals surface area contributed by atoms with Gasteiger partial charge in [-0.05, 0) is 88.8 Å². The van der Waals surface area contributed by atoms with E-state index in [1.165, 1.54) is 17.8 Å². The number of rotatable bonds is 5. The summed E-state index contributed by atoms with van der Waals surface area (Å²) in [6.07, 6.45) is 0.340. The molecule has 4 heterocycles. The molecule has 1 fully saturated rings. The van der Waals surface area contributed by atoms with Gasteiger partial charge in [0.15, 0.2) is 11.0 Å². The monoisotopic (exact) mass is 780 g/mol. The molecule has 0 saturated carbocycles. The van der Waals surface area contributed by atoms with Crippen LogP contribution in [0, 0.1) is 23.1 Å². The Kier molecular flexibility index (Phi) is 11.0. The number of hydrogen-bond donors (Lipinski definition) is 1. The molecule has 4 aromatic rings. The van der Waals surface area contributed by atoms with Crippen molar-refractivity contribution in [1.29, 1.82) is 5.26 Å². The van der Waals surface area contributed by atoms with E-state index in [0.717, 1.165) is 34.6 Å². The Balaban J connectivity index is 1.55. The first kappa shape index (κ1) is 38.7. The van der Waals surface area contributed by atoms with Gasteiger partial charge in [0.2, 0.25) is 0 Å². The van der Waals surface area contributed by atoms with Crippen molar-refractivity contribution < 1.29 is 28.2 Å². The first-order chi connectivity index (χ1) is 25.0. The number of hydrogen-bond acceptors (Lipinski definition) is 11. The standard InChI is InChI=1S/C38H42ClFN6O5S2/c1-9-52-34-43-30-28(32(44-34)42-20-11-10-19(2)15-46(16-20)36(48)51-38(6,7)8)24-18-49-17-23(24)26(29(30)39)21-12-13-25(40)31-27(21)22(14-41)33(53-31)45-35(47)50-37(3,4)5/h12-13,19H,9-11,15-18H2,1-8H3,(H,45,47). The smallest absolute Gasteiger partial charge is 0.412 e. The van der Waals surface area contributed by atoms with Crippen LogP contribution in [0.1, 0.15) is 84.9 Å². The molecule has 0 bridgehead atoms. The second-order valence-corrected chi connectivity index (χ2v) is 17.8. The van der Waals surface area contributed by atoms with E-state index in [-0.39, 0.29) is 46.0 Å². The van der Waals surface area contributed by atoms with Crippen LogP contribution in [0.5, 0.6) is 0 Å². The molecule has 11 nitrogen and oxygen atoms in total. The zero-order valence-electron chi connectivity index (χ0n) is 31.0. The van der Waals surface area contributed by atoms with Gasteiger partial charge < -0.3 is 19.1 Å². The summed E-state index contributed by atoms with van der Waals surface area (Å²) in [5.74, 6) is 0.806. The maximum atomic E-state index is 15.5. The lowest BCUT2D eigenvalue weighted by atomic mass is 9.91. The lowest BCUT2D eigenvalue weighted by Gasteiger charge is -2.27. The highest BCUT2D eigenvalue weighted by Gasteiger charge is 2.32. The van der Waals surface area contributed by atoms with Gasteiger partial charge in [-0.1, -0.05) is 43.3 Å². The maximum Gasteiger partial charge on any atom is 0.412 e. The number of carbonyl (C=O) groups is 2. The number of nitrogens with one attached hydrogen (secondary N) is 1. The van der Waals surface area contributed by atoms with Crippen molar-refractivity contribution in [3.05, 3.63) is 39.7 Å². The van der Waals surface area contributed by atoms with Crippen molar-refractivity contribution in [2.75, 3.05) is 24.2 Å². The van der Waals surface area contributed by atoms with Crippen molar-refractivity contribution in [3.63, 3.8) is 0 Å². The summed E-state index contributed by atoms with van der Waals surface area (Å²) in [6.45, 7) is 16.1. The summed E-state index contributed by atoms with van der Waals surface area (Å²) < 4.78 is 32.9. The minimum Gasteiger partial charge on any atom is -0.444 e. The van der Waals surface area contributed by atoms with E-state index in [0.29, 0.717) is 57.1 Å². The maximum absolute atomic E-state index is 15.5. The molecular formula is C38H42ClFN6O5S2. The van der Waals surface area contributed by atoms with Crippen LogP contribution < -0.4 is 5.32 Å². The van der Waals surface area contributed by atoms with Crippen molar-refractivity contribution in [2.45, 2.75) is 97.8 Å². The molecule has 2 aliphatic heterocycles. The number of anilines is 1. The van der Waals surface area contributed by atoms with Gasteiger partial charge in [-0.3, -0.25) is 5.32 Å². The Morgan fingerprint density at radius 3 is 2.55 bits per heavy atom. The predicted molar refractivity (Wildman–Crippen MR) is 208 cm³/mol. The lowest BCUT2D eigenvalue weighted by Crippen LogP contribution is -2.40. The molecule has 1 unspecified atom stereocenters. The van der Waals surface area contributed by atoms with Crippen LogP contribution in [0.25, 0.3) is 32.1 Å². The molecule has 15 heteroatoms. The SMILES string of the molecule is CCSc1nc(N=C2CCC(C)CN(C(=O)OC(C)(C)C)C2)c2c3c(c(-c4ccc(F)c5sc(NC(=O)OC(C)(C)C)c(C#N)c45)c(Cl)c2n1)COC3. The number of carbonyl (C=O) groups excluding carboxylic acids is 2. The van der Waals surface area contributed by atoms with Gasteiger partial charge in [0.25, 0.3) is 0 Å². The minimum absolute atomic E-state index is 0.0864. The number of benzene rings is 2. The number of nitriles is 1. The Morgan fingerprint density at radius 2 is 1.87 bits per heavy atom. The zero-order valence-corrected chi connectivity index (χ0v) is 33.4. The topological polar surface area (TPSA) is 139 Å². The number of aliphatic imine (C=N–C) groups is 1. The average Bonchev–Trinajstić information content (AvgIpc) is 3.62. The van der Waals surface area contributed by atoms with Crippen LogP contribution >= 0.6 is 34.7 Å². The third-order valence-electron chi connectivity index (χ3n) is 8.56. The molecular weight excluding hydrogens is 739 g/mol. The first-order valence-electron chi connectivity index (χ1n) is 17.4. The summed E-state index contributed by atoms with van der Waals surface area (Å²) >= 11 is 9.77. The number of ether oxygens (including phenoxy) is 3. The number of thiophene rings is 1. The quantitative estimate of drug-likeness (QED) is 0.155. The lowest BCUT2D eigenvalue weighted by molar-refractivity contribution is 0.0260. The number of thioether (sulfide) groups is 1. The average molecular weight is 781 g/mol. The Bertz CT molecular complexity index is 2200. The van der Waals surface area contributed by atoms with Crippen molar-refractivity contribution in [2.24, 2.45) is 10.9 Å². The molecule has 2 aliphatic rings. The van der Waals surface area contributed by atoms with Gasteiger partial charge in [0, 0.05) is 23.2 Å². The molecule has 6 rings (SSSR count). The molecule has 2 aromatic carbocycles. The van der Waals surface area contributed by atoms with Gasteiger partial charge in [0.05, 0.1) is 45.9 Å². The highest BCUT2D eigenvalue weighted by molar-refractivity contribution is 7.99. The molecule has 1 saturated heterocycles. The number of nitrogens with zero attached hydrogens (tertiary/aromatic N) is 5. The molecule has 1 N–H and O–H groups in total. The first-order valence-corrected chi connectivity index (χ1v) is 19.6. The van der Waals surface area contributed by atoms with Crippen molar-refractivity contribution >= 4 is 84.4 Å². The molecule has 280 valence electrons. The normalized spacial score (nSPS) is 17.2. The molecule has 1 atom stereocenters. The van der Waals surface area contributed by atoms with Crippen LogP contribution in [-0.4, -0.2) is 62.8 Å². The van der Waals surface area contributed by atoms with E-state index in [2.05, 4.69) is 18.3 Å². The number of fused-ring (bicyclic) bond motifs is 4. The van der Waals surface area contributed by atoms with Gasteiger partial charge in [-0.15, -0.1) is 11.3 Å². The van der Waals surface area contributed by atoms with E-state index < -0.39 is 29.2 Å². The third kappa shape index (κ3) is 8.23. The molecule has 2 amide bonds. The number of amides is 2. The van der Waals surface area contributed by atoms with Crippen molar-refractivity contribution in [1.82, 2.24) is 14.9 Å². The minimum atomic E-state index is -0.782.